The summed E-state index contributed by atoms with van der Waals surface area (Å²) >= 11 is 0. The number of benzene rings is 1. The summed E-state index contributed by atoms with van der Waals surface area (Å²) in [5, 5.41) is 0. The molecule has 0 amide bonds. The second-order valence-electron chi connectivity index (χ2n) is 4.38. The van der Waals surface area contributed by atoms with E-state index in [9.17, 15) is 0 Å². The van der Waals surface area contributed by atoms with E-state index >= 15 is 0 Å². The molecule has 0 spiro atoms. The first-order valence-electron chi connectivity index (χ1n) is 6.19. The molecule has 2 atom stereocenters. The van der Waals surface area contributed by atoms with Crippen molar-refractivity contribution >= 4 is 0 Å². The number of rotatable bonds is 6. The Labute approximate surface area is 104 Å². The van der Waals surface area contributed by atoms with Gasteiger partial charge in [0.25, 0.3) is 0 Å². The zero-order chi connectivity index (χ0) is 12.8. The Bertz CT molecular complexity index is 350. The molecule has 0 bridgehead atoms. The van der Waals surface area contributed by atoms with Crippen molar-refractivity contribution in [1.29, 1.82) is 0 Å². The minimum atomic E-state index is -0.102. The Balaban J connectivity index is 2.97. The van der Waals surface area contributed by atoms with Gasteiger partial charge in [0.1, 0.15) is 11.5 Å². The van der Waals surface area contributed by atoms with Crippen molar-refractivity contribution in [1.82, 2.24) is 0 Å². The summed E-state index contributed by atoms with van der Waals surface area (Å²) in [6.45, 7) is 6.17. The molecule has 96 valence electrons. The van der Waals surface area contributed by atoms with Crippen LogP contribution in [0.2, 0.25) is 0 Å². The molecule has 0 aliphatic heterocycles. The molecule has 3 nitrogen and oxygen atoms in total. The zero-order valence-corrected chi connectivity index (χ0v) is 11.2. The molecular weight excluding hydrogens is 214 g/mol. The number of nitrogens with two attached hydrogens (primary N) is 1. The molecule has 0 saturated carbocycles. The van der Waals surface area contributed by atoms with Crippen LogP contribution < -0.4 is 15.2 Å². The van der Waals surface area contributed by atoms with Crippen LogP contribution in [0.25, 0.3) is 0 Å². The molecule has 3 heteroatoms. The number of hydrogen-bond donors (Lipinski definition) is 1. The molecule has 0 fully saturated rings. The normalized spacial score (nSPS) is 14.2. The van der Waals surface area contributed by atoms with Gasteiger partial charge in [-0.15, -0.1) is 0 Å². The summed E-state index contributed by atoms with van der Waals surface area (Å²) < 4.78 is 11.3. The van der Waals surface area contributed by atoms with Crippen molar-refractivity contribution in [2.24, 2.45) is 5.73 Å². The van der Waals surface area contributed by atoms with Crippen LogP contribution in [-0.2, 0) is 0 Å². The van der Waals surface area contributed by atoms with E-state index in [0.717, 1.165) is 29.9 Å². The maximum Gasteiger partial charge on any atom is 0.128 e. The molecule has 1 aromatic carbocycles. The smallest absolute Gasteiger partial charge is 0.128 e. The second-order valence-corrected chi connectivity index (χ2v) is 4.38. The lowest BCUT2D eigenvalue weighted by molar-refractivity contribution is 0.206. The largest absolute Gasteiger partial charge is 0.496 e. The van der Waals surface area contributed by atoms with Crippen molar-refractivity contribution in [3.05, 3.63) is 23.8 Å². The van der Waals surface area contributed by atoms with Crippen molar-refractivity contribution < 1.29 is 9.47 Å². The Hall–Kier alpha value is -1.22. The fourth-order valence-electron chi connectivity index (χ4n) is 1.94. The molecule has 1 rings (SSSR count). The molecule has 0 aliphatic rings. The summed E-state index contributed by atoms with van der Waals surface area (Å²) in [5.41, 5.74) is 6.92. The maximum atomic E-state index is 5.98. The molecule has 1 unspecified atom stereocenters. The lowest BCUT2D eigenvalue weighted by Crippen LogP contribution is -2.15. The van der Waals surface area contributed by atoms with E-state index in [0.29, 0.717) is 0 Å². The monoisotopic (exact) mass is 237 g/mol. The Morgan fingerprint density at radius 2 is 1.88 bits per heavy atom. The van der Waals surface area contributed by atoms with Crippen LogP contribution >= 0.6 is 0 Å². The van der Waals surface area contributed by atoms with Gasteiger partial charge in [0.2, 0.25) is 0 Å². The van der Waals surface area contributed by atoms with Gasteiger partial charge in [-0.3, -0.25) is 0 Å². The molecule has 0 aliphatic carbocycles. The number of hydrogen-bond acceptors (Lipinski definition) is 3. The molecule has 1 aromatic rings. The quantitative estimate of drug-likeness (QED) is 0.825. The summed E-state index contributed by atoms with van der Waals surface area (Å²) in [5.74, 6) is 1.63. The van der Waals surface area contributed by atoms with Crippen LogP contribution in [0, 0.1) is 0 Å². The fraction of sp³-hybridized carbons (Fsp3) is 0.571. The van der Waals surface area contributed by atoms with E-state index in [1.807, 2.05) is 25.1 Å². The molecule has 2 N–H and O–H groups in total. The zero-order valence-electron chi connectivity index (χ0n) is 11.2. The van der Waals surface area contributed by atoms with Gasteiger partial charge in [-0.1, -0.05) is 19.4 Å². The van der Waals surface area contributed by atoms with Crippen molar-refractivity contribution in [3.8, 4) is 11.5 Å². The van der Waals surface area contributed by atoms with E-state index in [4.69, 9.17) is 15.2 Å². The van der Waals surface area contributed by atoms with Crippen LogP contribution in [0.1, 0.15) is 45.2 Å². The van der Waals surface area contributed by atoms with E-state index in [1.54, 1.807) is 7.11 Å². The summed E-state index contributed by atoms with van der Waals surface area (Å²) in [7, 11) is 1.65. The minimum absolute atomic E-state index is 0.102. The van der Waals surface area contributed by atoms with Gasteiger partial charge in [-0.2, -0.15) is 0 Å². The van der Waals surface area contributed by atoms with Gasteiger partial charge in [-0.05, 0) is 32.4 Å². The van der Waals surface area contributed by atoms with Crippen molar-refractivity contribution in [2.75, 3.05) is 7.11 Å². The highest BCUT2D eigenvalue weighted by molar-refractivity contribution is 5.46. The third-order valence-corrected chi connectivity index (χ3v) is 2.72. The van der Waals surface area contributed by atoms with Crippen LogP contribution in [-0.4, -0.2) is 13.2 Å². The maximum absolute atomic E-state index is 5.98. The Morgan fingerprint density at radius 1 is 1.24 bits per heavy atom. The highest BCUT2D eigenvalue weighted by Crippen LogP contribution is 2.33. The summed E-state index contributed by atoms with van der Waals surface area (Å²) in [6, 6.07) is 5.69. The summed E-state index contributed by atoms with van der Waals surface area (Å²) in [4.78, 5) is 0. The molecule has 0 saturated heterocycles. The van der Waals surface area contributed by atoms with Crippen LogP contribution in [0.15, 0.2) is 18.2 Å². The molecule has 17 heavy (non-hydrogen) atoms. The van der Waals surface area contributed by atoms with E-state index < -0.39 is 0 Å². The highest BCUT2D eigenvalue weighted by atomic mass is 16.5. The topological polar surface area (TPSA) is 44.5 Å². The van der Waals surface area contributed by atoms with E-state index in [2.05, 4.69) is 13.8 Å². The third-order valence-electron chi connectivity index (χ3n) is 2.72. The summed E-state index contributed by atoms with van der Waals surface area (Å²) in [6.07, 6.45) is 2.35. The average molecular weight is 237 g/mol. The van der Waals surface area contributed by atoms with Crippen LogP contribution in [0.4, 0.5) is 0 Å². The molecule has 0 aromatic heterocycles. The number of methoxy groups -OCH3 is 1. The number of ether oxygens (including phenoxy) is 2. The standard InChI is InChI=1S/C14H23NO2/c1-5-7-10(2)17-13-9-6-8-12(16-4)14(13)11(3)15/h6,8-11H,5,7,15H2,1-4H3/t10?,11-/m1/s1. The lowest BCUT2D eigenvalue weighted by Gasteiger charge is -2.20. The predicted molar refractivity (Wildman–Crippen MR) is 70.6 cm³/mol. The van der Waals surface area contributed by atoms with Crippen LogP contribution in [0.5, 0.6) is 11.5 Å². The van der Waals surface area contributed by atoms with E-state index in [-0.39, 0.29) is 12.1 Å². The highest BCUT2D eigenvalue weighted by Gasteiger charge is 2.15. The van der Waals surface area contributed by atoms with Gasteiger partial charge in [0.15, 0.2) is 0 Å². The van der Waals surface area contributed by atoms with Gasteiger partial charge in [0, 0.05) is 6.04 Å². The Kier molecular flexibility index (Phi) is 5.29. The van der Waals surface area contributed by atoms with Crippen molar-refractivity contribution in [2.45, 2.75) is 45.8 Å². The lowest BCUT2D eigenvalue weighted by atomic mass is 10.1. The first kappa shape index (κ1) is 13.8. The average Bonchev–Trinajstić information content (AvgIpc) is 2.28. The fourth-order valence-corrected chi connectivity index (χ4v) is 1.94. The van der Waals surface area contributed by atoms with Crippen LogP contribution in [0.3, 0.4) is 0 Å². The third kappa shape index (κ3) is 3.63. The first-order chi connectivity index (χ1) is 8.10. The molecular formula is C14H23NO2. The molecule has 0 heterocycles. The molecule has 0 radical (unpaired) electrons. The van der Waals surface area contributed by atoms with Crippen molar-refractivity contribution in [3.63, 3.8) is 0 Å². The van der Waals surface area contributed by atoms with Gasteiger partial charge in [-0.25, -0.2) is 0 Å². The van der Waals surface area contributed by atoms with Gasteiger partial charge >= 0.3 is 0 Å². The van der Waals surface area contributed by atoms with E-state index in [1.165, 1.54) is 0 Å². The first-order valence-corrected chi connectivity index (χ1v) is 6.19. The SMILES string of the molecule is CCCC(C)Oc1cccc(OC)c1[C@@H](C)N. The second kappa shape index (κ2) is 6.50. The van der Waals surface area contributed by atoms with Gasteiger partial charge in [0.05, 0.1) is 18.8 Å². The van der Waals surface area contributed by atoms with Gasteiger partial charge < -0.3 is 15.2 Å². The Morgan fingerprint density at radius 3 is 2.41 bits per heavy atom. The predicted octanol–water partition coefficient (Wildman–Crippen LogP) is 3.28. The minimum Gasteiger partial charge on any atom is -0.496 e.